The van der Waals surface area contributed by atoms with Gasteiger partial charge in [0.2, 0.25) is 11.7 Å². The van der Waals surface area contributed by atoms with Gasteiger partial charge in [-0.25, -0.2) is 0 Å². The Balaban J connectivity index is 1.99. The quantitative estimate of drug-likeness (QED) is 0.765. The van der Waals surface area contributed by atoms with Crippen LogP contribution in [0.2, 0.25) is 0 Å². The molecular weight excluding hydrogens is 310 g/mol. The molecule has 0 radical (unpaired) electrons. The SMILES string of the molecule is COc1cc(N2CCN(CCCC(N)=O)CC2)cc(OC)c1OC. The predicted molar refractivity (Wildman–Crippen MR) is 93.2 cm³/mol. The summed E-state index contributed by atoms with van der Waals surface area (Å²) in [7, 11) is 4.85. The average Bonchev–Trinajstić information content (AvgIpc) is 2.60. The van der Waals surface area contributed by atoms with E-state index in [-0.39, 0.29) is 5.91 Å². The zero-order valence-corrected chi connectivity index (χ0v) is 14.7. The second-order valence-electron chi connectivity index (χ2n) is 5.78. The number of carbonyl (C=O) groups is 1. The molecule has 1 saturated heterocycles. The van der Waals surface area contributed by atoms with E-state index in [4.69, 9.17) is 19.9 Å². The van der Waals surface area contributed by atoms with Gasteiger partial charge in [0.05, 0.1) is 21.3 Å². The molecule has 1 amide bonds. The van der Waals surface area contributed by atoms with Crippen molar-refractivity contribution in [2.75, 3.05) is 59.0 Å². The van der Waals surface area contributed by atoms with Crippen molar-refractivity contribution in [1.29, 1.82) is 0 Å². The minimum Gasteiger partial charge on any atom is -0.493 e. The summed E-state index contributed by atoms with van der Waals surface area (Å²) in [6.45, 7) is 4.64. The maximum Gasteiger partial charge on any atom is 0.217 e. The number of nitrogens with two attached hydrogens (primary N) is 1. The van der Waals surface area contributed by atoms with Crippen molar-refractivity contribution in [2.45, 2.75) is 12.8 Å². The Bertz CT molecular complexity index is 532. The number of anilines is 1. The van der Waals surface area contributed by atoms with Crippen LogP contribution in [-0.2, 0) is 4.79 Å². The van der Waals surface area contributed by atoms with E-state index in [0.717, 1.165) is 44.8 Å². The first-order chi connectivity index (χ1) is 11.6. The highest BCUT2D eigenvalue weighted by Gasteiger charge is 2.20. The Morgan fingerprint density at radius 2 is 1.62 bits per heavy atom. The summed E-state index contributed by atoms with van der Waals surface area (Å²) in [5, 5.41) is 0. The third kappa shape index (κ3) is 4.44. The van der Waals surface area contributed by atoms with E-state index < -0.39 is 0 Å². The first-order valence-corrected chi connectivity index (χ1v) is 8.14. The van der Waals surface area contributed by atoms with Crippen LogP contribution >= 0.6 is 0 Å². The van der Waals surface area contributed by atoms with Crippen LogP contribution in [0.4, 0.5) is 5.69 Å². The van der Waals surface area contributed by atoms with E-state index in [2.05, 4.69) is 9.80 Å². The molecule has 7 nitrogen and oxygen atoms in total. The smallest absolute Gasteiger partial charge is 0.217 e. The van der Waals surface area contributed by atoms with Gasteiger partial charge in [0.15, 0.2) is 11.5 Å². The van der Waals surface area contributed by atoms with E-state index in [1.165, 1.54) is 0 Å². The number of rotatable bonds is 8. The molecule has 0 unspecified atom stereocenters. The first-order valence-electron chi connectivity index (χ1n) is 8.14. The molecular formula is C17H27N3O4. The van der Waals surface area contributed by atoms with Crippen LogP contribution in [-0.4, -0.2) is 64.9 Å². The fourth-order valence-electron chi connectivity index (χ4n) is 2.96. The molecule has 1 heterocycles. The Labute approximate surface area is 143 Å². The number of hydrogen-bond acceptors (Lipinski definition) is 6. The zero-order chi connectivity index (χ0) is 17.5. The van der Waals surface area contributed by atoms with E-state index >= 15 is 0 Å². The van der Waals surface area contributed by atoms with E-state index in [9.17, 15) is 4.79 Å². The van der Waals surface area contributed by atoms with Crippen molar-refractivity contribution < 1.29 is 19.0 Å². The summed E-state index contributed by atoms with van der Waals surface area (Å²) in [6.07, 6.45) is 1.27. The largest absolute Gasteiger partial charge is 0.493 e. The summed E-state index contributed by atoms with van der Waals surface area (Å²) >= 11 is 0. The molecule has 0 bridgehead atoms. The fraction of sp³-hybridized carbons (Fsp3) is 0.588. The van der Waals surface area contributed by atoms with Crippen LogP contribution < -0.4 is 24.8 Å². The molecule has 0 spiro atoms. The lowest BCUT2D eigenvalue weighted by atomic mass is 10.2. The zero-order valence-electron chi connectivity index (χ0n) is 14.7. The summed E-state index contributed by atoms with van der Waals surface area (Å²) < 4.78 is 16.2. The van der Waals surface area contributed by atoms with Crippen LogP contribution in [0, 0.1) is 0 Å². The average molecular weight is 337 g/mol. The second-order valence-corrected chi connectivity index (χ2v) is 5.78. The van der Waals surface area contributed by atoms with Gasteiger partial charge in [0.1, 0.15) is 0 Å². The molecule has 2 rings (SSSR count). The lowest BCUT2D eigenvalue weighted by Crippen LogP contribution is -2.46. The Morgan fingerprint density at radius 3 is 2.08 bits per heavy atom. The van der Waals surface area contributed by atoms with Crippen LogP contribution in [0.5, 0.6) is 17.2 Å². The number of nitrogens with zero attached hydrogens (tertiary/aromatic N) is 2. The van der Waals surface area contributed by atoms with Crippen molar-refractivity contribution >= 4 is 11.6 Å². The molecule has 24 heavy (non-hydrogen) atoms. The number of benzene rings is 1. The molecule has 0 saturated carbocycles. The summed E-state index contributed by atoms with van der Waals surface area (Å²) in [6, 6.07) is 3.95. The topological polar surface area (TPSA) is 77.3 Å². The standard InChI is InChI=1S/C17H27N3O4/c1-22-14-11-13(12-15(23-2)17(14)24-3)20-9-7-19(8-10-20)6-4-5-16(18)21/h11-12H,4-10H2,1-3H3,(H2,18,21). The molecule has 134 valence electrons. The van der Waals surface area contributed by atoms with Gasteiger partial charge in [-0.05, 0) is 13.0 Å². The van der Waals surface area contributed by atoms with Crippen LogP contribution in [0.1, 0.15) is 12.8 Å². The van der Waals surface area contributed by atoms with Crippen molar-refractivity contribution in [3.63, 3.8) is 0 Å². The number of ether oxygens (including phenoxy) is 3. The first kappa shape index (κ1) is 18.2. The van der Waals surface area contributed by atoms with Gasteiger partial charge in [-0.2, -0.15) is 0 Å². The maximum absolute atomic E-state index is 10.8. The van der Waals surface area contributed by atoms with Crippen LogP contribution in [0.3, 0.4) is 0 Å². The lowest BCUT2D eigenvalue weighted by Gasteiger charge is -2.36. The number of piperazine rings is 1. The highest BCUT2D eigenvalue weighted by atomic mass is 16.5. The minimum absolute atomic E-state index is 0.231. The van der Waals surface area contributed by atoms with Gasteiger partial charge in [0.25, 0.3) is 0 Å². The number of amides is 1. The monoisotopic (exact) mass is 337 g/mol. The molecule has 1 aliphatic heterocycles. The minimum atomic E-state index is -0.231. The van der Waals surface area contributed by atoms with E-state index in [0.29, 0.717) is 23.7 Å². The molecule has 7 heteroatoms. The normalized spacial score (nSPS) is 15.2. The molecule has 1 aromatic carbocycles. The summed E-state index contributed by atoms with van der Waals surface area (Å²) in [5.74, 6) is 1.70. The van der Waals surface area contributed by atoms with E-state index in [1.54, 1.807) is 21.3 Å². The number of primary amides is 1. The molecule has 1 aliphatic rings. The molecule has 0 aliphatic carbocycles. The van der Waals surface area contributed by atoms with Gasteiger partial charge in [-0.3, -0.25) is 9.69 Å². The molecule has 0 atom stereocenters. The van der Waals surface area contributed by atoms with Gasteiger partial charge >= 0.3 is 0 Å². The van der Waals surface area contributed by atoms with Crippen molar-refractivity contribution in [1.82, 2.24) is 4.90 Å². The Hall–Kier alpha value is -2.15. The number of hydrogen-bond donors (Lipinski definition) is 1. The van der Waals surface area contributed by atoms with Gasteiger partial charge in [-0.15, -0.1) is 0 Å². The fourth-order valence-corrected chi connectivity index (χ4v) is 2.96. The van der Waals surface area contributed by atoms with Crippen LogP contribution in [0.25, 0.3) is 0 Å². The second kappa shape index (κ2) is 8.63. The predicted octanol–water partition coefficient (Wildman–Crippen LogP) is 1.10. The summed E-state index contributed by atoms with van der Waals surface area (Å²) in [4.78, 5) is 15.5. The highest BCUT2D eigenvalue weighted by Crippen LogP contribution is 2.41. The van der Waals surface area contributed by atoms with Gasteiger partial charge in [0, 0.05) is 50.4 Å². The molecule has 0 aromatic heterocycles. The van der Waals surface area contributed by atoms with Crippen molar-refractivity contribution in [2.24, 2.45) is 5.73 Å². The molecule has 2 N–H and O–H groups in total. The third-order valence-electron chi connectivity index (χ3n) is 4.28. The van der Waals surface area contributed by atoms with Gasteiger partial charge < -0.3 is 24.8 Å². The van der Waals surface area contributed by atoms with Crippen molar-refractivity contribution in [3.8, 4) is 17.2 Å². The number of carbonyl (C=O) groups excluding carboxylic acids is 1. The Kier molecular flexibility index (Phi) is 6.54. The number of methoxy groups -OCH3 is 3. The lowest BCUT2D eigenvalue weighted by molar-refractivity contribution is -0.118. The third-order valence-corrected chi connectivity index (χ3v) is 4.28. The van der Waals surface area contributed by atoms with E-state index in [1.807, 2.05) is 12.1 Å². The Morgan fingerprint density at radius 1 is 1.04 bits per heavy atom. The summed E-state index contributed by atoms with van der Waals surface area (Å²) in [5.41, 5.74) is 6.24. The van der Waals surface area contributed by atoms with Gasteiger partial charge in [-0.1, -0.05) is 0 Å². The van der Waals surface area contributed by atoms with Crippen LogP contribution in [0.15, 0.2) is 12.1 Å². The van der Waals surface area contributed by atoms with Crippen molar-refractivity contribution in [3.05, 3.63) is 12.1 Å². The molecule has 1 fully saturated rings. The highest BCUT2D eigenvalue weighted by molar-refractivity contribution is 5.73. The maximum atomic E-state index is 10.8. The molecule has 1 aromatic rings.